The Labute approximate surface area is 392 Å². The quantitative estimate of drug-likeness (QED) is 0.0330. The van der Waals surface area contributed by atoms with E-state index in [4.69, 9.17) is 9.79 Å². The van der Waals surface area contributed by atoms with Gasteiger partial charge in [-0.3, -0.25) is 15.5 Å². The molecular formula is C48H74N7O6PS2. The third kappa shape index (κ3) is 13.9. The predicted octanol–water partition coefficient (Wildman–Crippen LogP) is 10.3. The van der Waals surface area contributed by atoms with E-state index >= 15 is 0 Å². The number of unbranched alkanes of at least 4 members (excludes halogenated alkanes) is 4. The Morgan fingerprint density at radius 1 is 0.484 bits per heavy atom. The molecule has 2 aliphatic rings. The van der Waals surface area contributed by atoms with Gasteiger partial charge < -0.3 is 40.0 Å². The van der Waals surface area contributed by atoms with E-state index in [2.05, 4.69) is 104 Å². The summed E-state index contributed by atoms with van der Waals surface area (Å²) in [5.41, 5.74) is 10.6. The highest BCUT2D eigenvalue weighted by molar-refractivity contribution is 8.00. The zero-order valence-corrected chi connectivity index (χ0v) is 41.6. The molecule has 0 amide bonds. The number of nitrogens with zero attached hydrogens (tertiary/aromatic N) is 6. The number of aliphatic hydroxyl groups excluding tert-OH is 4. The van der Waals surface area contributed by atoms with Crippen molar-refractivity contribution in [3.05, 3.63) is 84.9 Å². The zero-order valence-electron chi connectivity index (χ0n) is 39.1. The van der Waals surface area contributed by atoms with Crippen molar-refractivity contribution in [3.8, 4) is 0 Å². The highest BCUT2D eigenvalue weighted by Crippen LogP contribution is 2.54. The molecule has 0 aromatic heterocycles. The van der Waals surface area contributed by atoms with Gasteiger partial charge in [-0.25, -0.2) is 0 Å². The molecule has 6 rings (SSSR count). The number of hydrogen-bond donors (Lipinski definition) is 7. The summed E-state index contributed by atoms with van der Waals surface area (Å²) in [6, 6.07) is 29.2. The molecule has 0 aliphatic carbocycles. The summed E-state index contributed by atoms with van der Waals surface area (Å²) in [4.78, 5) is 24.3. The van der Waals surface area contributed by atoms with Crippen LogP contribution >= 0.6 is 32.0 Å². The fourth-order valence-corrected chi connectivity index (χ4v) is 10.1. The lowest BCUT2D eigenvalue weighted by molar-refractivity contribution is -0.0853. The number of hydrazine groups is 2. The van der Waals surface area contributed by atoms with Crippen LogP contribution < -0.4 is 25.3 Å². The molecule has 0 saturated heterocycles. The maximum absolute atomic E-state index is 10.6. The van der Waals surface area contributed by atoms with Crippen LogP contribution in [0.1, 0.15) is 107 Å². The molecule has 4 unspecified atom stereocenters. The lowest BCUT2D eigenvalue weighted by atomic mass is 10.1. The van der Waals surface area contributed by atoms with Crippen molar-refractivity contribution in [3.63, 3.8) is 0 Å². The molecule has 4 atom stereocenters. The minimum atomic E-state index is -2.12. The van der Waals surface area contributed by atoms with E-state index in [-0.39, 0.29) is 0 Å². The molecule has 2 heterocycles. The minimum absolute atomic E-state index is 0.846. The van der Waals surface area contributed by atoms with E-state index < -0.39 is 33.4 Å². The van der Waals surface area contributed by atoms with Crippen LogP contribution in [-0.2, 0) is 0 Å². The van der Waals surface area contributed by atoms with Crippen LogP contribution in [0.15, 0.2) is 105 Å². The Kier molecular flexibility index (Phi) is 22.4. The third-order valence-corrected chi connectivity index (χ3v) is 13.0. The molecule has 16 heteroatoms. The summed E-state index contributed by atoms with van der Waals surface area (Å²) in [5.74, 6) is 0. The van der Waals surface area contributed by atoms with E-state index in [1.165, 1.54) is 0 Å². The second kappa shape index (κ2) is 26.9. The Balaban J connectivity index is 0.000000259. The first-order chi connectivity index (χ1) is 30.7. The Bertz CT molecular complexity index is 1830. The van der Waals surface area contributed by atoms with E-state index in [1.54, 1.807) is 61.2 Å². The summed E-state index contributed by atoms with van der Waals surface area (Å²) < 4.78 is 0. The second-order valence-corrected chi connectivity index (χ2v) is 18.8. The third-order valence-electron chi connectivity index (χ3n) is 10.8. The van der Waals surface area contributed by atoms with Gasteiger partial charge in [0, 0.05) is 45.8 Å². The van der Waals surface area contributed by atoms with Gasteiger partial charge in [0.2, 0.25) is 8.53 Å². The number of anilines is 6. The molecule has 0 bridgehead atoms. The van der Waals surface area contributed by atoms with Crippen molar-refractivity contribution in [2.75, 3.05) is 46.0 Å². The average Bonchev–Trinajstić information content (AvgIpc) is 3.25. The molecule has 4 aromatic carbocycles. The van der Waals surface area contributed by atoms with E-state index in [0.717, 1.165) is 131 Å². The lowest BCUT2D eigenvalue weighted by Crippen LogP contribution is -2.51. The molecular weight excluding hydrogens is 866 g/mol. The number of nitrogens with two attached hydrogens (primary N) is 1. The van der Waals surface area contributed by atoms with Crippen LogP contribution in [0.5, 0.6) is 0 Å². The molecule has 0 saturated carbocycles. The number of benzene rings is 4. The zero-order chi connectivity index (χ0) is 46.9. The monoisotopic (exact) mass is 939 g/mol. The van der Waals surface area contributed by atoms with Crippen LogP contribution in [0.4, 0.5) is 34.1 Å². The summed E-state index contributed by atoms with van der Waals surface area (Å²) in [7, 11) is -2.12. The summed E-state index contributed by atoms with van der Waals surface area (Å²) in [5, 5.41) is 49.8. The van der Waals surface area contributed by atoms with E-state index in [0.29, 0.717) is 0 Å². The topological polar surface area (TPSA) is 167 Å². The molecule has 8 N–H and O–H groups in total. The van der Waals surface area contributed by atoms with Gasteiger partial charge in [0.1, 0.15) is 24.9 Å². The van der Waals surface area contributed by atoms with Crippen molar-refractivity contribution in [1.82, 2.24) is 10.0 Å². The standard InChI is InChI=1S/2C24H35N3O2S.H4NO2P/c2*1-5-7-16-25(17-8-6-2)21-13-11-15-23-24(21)27(26(18(3)28)19(4)29)20-12-9-10-14-22(20)30-23;1-4(2)3/h2*9-15,18-19,28-29H,5-8,16-17H2,1-4H3;2-3H,1H2. The second-order valence-electron chi connectivity index (χ2n) is 16.0. The van der Waals surface area contributed by atoms with Crippen LogP contribution in [0.25, 0.3) is 0 Å². The Morgan fingerprint density at radius 3 is 1.05 bits per heavy atom. The molecule has 0 spiro atoms. The summed E-state index contributed by atoms with van der Waals surface area (Å²) in [6.07, 6.45) is 5.73. The van der Waals surface area contributed by atoms with Crippen molar-refractivity contribution in [2.45, 2.75) is 151 Å². The number of hydrogen-bond acceptors (Lipinski definition) is 15. The first kappa shape index (κ1) is 53.5. The molecule has 0 fully saturated rings. The van der Waals surface area contributed by atoms with Crippen molar-refractivity contribution in [1.29, 1.82) is 0 Å². The SMILES string of the molecule is CCCCN(CCCC)c1cccc2c1N(N(C(C)O)C(C)O)c1ccccc1S2.CCCCN(CCCC)c1cccc2c1N(N(C(C)O)C(C)O)c1ccccc1S2.NP(O)O. The van der Waals surface area contributed by atoms with Gasteiger partial charge in [0.25, 0.3) is 0 Å². The van der Waals surface area contributed by atoms with E-state index in [1.807, 2.05) is 34.3 Å². The van der Waals surface area contributed by atoms with Gasteiger partial charge in [-0.05, 0) is 102 Å². The molecule has 64 heavy (non-hydrogen) atoms. The molecule has 2 aliphatic heterocycles. The van der Waals surface area contributed by atoms with Gasteiger partial charge >= 0.3 is 0 Å². The summed E-state index contributed by atoms with van der Waals surface area (Å²) in [6.45, 7) is 19.7. The van der Waals surface area contributed by atoms with Gasteiger partial charge in [0.15, 0.2) is 0 Å². The van der Waals surface area contributed by atoms with Gasteiger partial charge in [-0.15, -0.1) is 0 Å². The Hall–Kier alpha value is -3.15. The molecule has 4 aromatic rings. The molecule has 0 radical (unpaired) electrons. The number of aliphatic hydroxyl groups is 4. The highest BCUT2D eigenvalue weighted by atomic mass is 32.2. The van der Waals surface area contributed by atoms with Crippen LogP contribution in [0.2, 0.25) is 0 Å². The maximum atomic E-state index is 10.6. The average molecular weight is 940 g/mol. The van der Waals surface area contributed by atoms with Gasteiger partial charge in [-0.2, -0.15) is 10.0 Å². The smallest absolute Gasteiger partial charge is 0.247 e. The molecule has 354 valence electrons. The maximum Gasteiger partial charge on any atom is 0.247 e. The fourth-order valence-electron chi connectivity index (χ4n) is 7.91. The van der Waals surface area contributed by atoms with Crippen molar-refractivity contribution in [2.24, 2.45) is 5.50 Å². The fraction of sp³-hybridized carbons (Fsp3) is 0.500. The van der Waals surface area contributed by atoms with Crippen molar-refractivity contribution >= 4 is 66.2 Å². The normalized spacial score (nSPS) is 14.6. The summed E-state index contributed by atoms with van der Waals surface area (Å²) >= 11 is 3.50. The minimum Gasteiger partial charge on any atom is -0.377 e. The first-order valence-corrected chi connectivity index (χ1v) is 25.8. The highest BCUT2D eigenvalue weighted by Gasteiger charge is 2.37. The van der Waals surface area contributed by atoms with Crippen LogP contribution in [-0.4, -0.2) is 91.3 Å². The molecule has 13 nitrogen and oxygen atoms in total. The predicted molar refractivity (Wildman–Crippen MR) is 268 cm³/mol. The van der Waals surface area contributed by atoms with Crippen LogP contribution in [0.3, 0.4) is 0 Å². The lowest BCUT2D eigenvalue weighted by Gasteiger charge is -2.45. The Morgan fingerprint density at radius 2 is 0.766 bits per heavy atom. The van der Waals surface area contributed by atoms with Crippen LogP contribution in [0, 0.1) is 0 Å². The van der Waals surface area contributed by atoms with Crippen molar-refractivity contribution < 1.29 is 30.2 Å². The largest absolute Gasteiger partial charge is 0.377 e. The number of rotatable bonds is 20. The van der Waals surface area contributed by atoms with Gasteiger partial charge in [-0.1, -0.05) is 113 Å². The number of fused-ring (bicyclic) bond motifs is 4. The van der Waals surface area contributed by atoms with E-state index in [9.17, 15) is 20.4 Å². The first-order valence-electron chi connectivity index (χ1n) is 22.8. The number of para-hydroxylation sites is 4. The van der Waals surface area contributed by atoms with Gasteiger partial charge in [0.05, 0.1) is 34.1 Å².